The van der Waals surface area contributed by atoms with E-state index in [9.17, 15) is 39.8 Å². The Morgan fingerprint density at radius 2 is 0.868 bits per heavy atom. The molecular formula is C55H93O12P. The first-order valence-corrected chi connectivity index (χ1v) is 27.6. The van der Waals surface area contributed by atoms with E-state index in [2.05, 4.69) is 98.9 Å². The van der Waals surface area contributed by atoms with Crippen LogP contribution in [0.1, 0.15) is 181 Å². The Kier molecular flexibility index (Phi) is 41.1. The minimum atomic E-state index is -5.05. The van der Waals surface area contributed by atoms with E-state index in [0.29, 0.717) is 19.4 Å². The minimum Gasteiger partial charge on any atom is -0.457 e. The third-order valence-electron chi connectivity index (χ3n) is 11.5. The second kappa shape index (κ2) is 44.2. The molecule has 12 nitrogen and oxygen atoms in total. The van der Waals surface area contributed by atoms with Gasteiger partial charge in [0.25, 0.3) is 0 Å². The maximum atomic E-state index is 12.9. The van der Waals surface area contributed by atoms with Crippen LogP contribution in [0.25, 0.3) is 0 Å². The molecule has 13 heteroatoms. The number of rotatable bonds is 43. The second-order valence-electron chi connectivity index (χ2n) is 17.6. The van der Waals surface area contributed by atoms with Gasteiger partial charge in [-0.25, -0.2) is 4.57 Å². The molecule has 0 radical (unpaired) electrons. The van der Waals surface area contributed by atoms with Crippen molar-refractivity contribution in [2.24, 2.45) is 0 Å². The van der Waals surface area contributed by atoms with Crippen molar-refractivity contribution in [1.29, 1.82) is 0 Å². The normalized spacial score (nSPS) is 21.9. The number of aliphatic hydroxyl groups excluding tert-OH is 5. The lowest BCUT2D eigenvalue weighted by Crippen LogP contribution is -2.64. The van der Waals surface area contributed by atoms with Gasteiger partial charge in [0.1, 0.15) is 42.7 Å². The molecule has 0 bridgehead atoms. The first-order chi connectivity index (χ1) is 33.0. The van der Waals surface area contributed by atoms with Gasteiger partial charge in [-0.15, -0.1) is 0 Å². The van der Waals surface area contributed by atoms with Crippen molar-refractivity contribution < 1.29 is 58.3 Å². The van der Waals surface area contributed by atoms with Gasteiger partial charge in [0, 0.05) is 13.0 Å². The number of phosphoric ester groups is 1. The molecule has 0 aromatic heterocycles. The number of aliphatic hydroxyl groups is 5. The van der Waals surface area contributed by atoms with Crippen LogP contribution in [-0.4, -0.2) is 98.9 Å². The fraction of sp³-hybridized carbons (Fsp3) is 0.691. The van der Waals surface area contributed by atoms with E-state index in [1.807, 2.05) is 12.2 Å². The van der Waals surface area contributed by atoms with Crippen molar-refractivity contribution in [2.45, 2.75) is 224 Å². The zero-order valence-corrected chi connectivity index (χ0v) is 42.8. The van der Waals surface area contributed by atoms with Crippen LogP contribution < -0.4 is 0 Å². The van der Waals surface area contributed by atoms with E-state index in [-0.39, 0.29) is 13.0 Å². The molecule has 68 heavy (non-hydrogen) atoms. The predicted molar refractivity (Wildman–Crippen MR) is 276 cm³/mol. The third kappa shape index (κ3) is 35.4. The topological polar surface area (TPSA) is 192 Å². The summed E-state index contributed by atoms with van der Waals surface area (Å²) in [4.78, 5) is 23.2. The fourth-order valence-corrected chi connectivity index (χ4v) is 8.33. The minimum absolute atomic E-state index is 0.0549. The van der Waals surface area contributed by atoms with Crippen molar-refractivity contribution >= 4 is 13.8 Å². The summed E-state index contributed by atoms with van der Waals surface area (Å²) < 4.78 is 34.2. The van der Waals surface area contributed by atoms with Crippen LogP contribution in [0.15, 0.2) is 97.2 Å². The second-order valence-corrected chi connectivity index (χ2v) is 19.0. The smallest absolute Gasteiger partial charge is 0.457 e. The summed E-state index contributed by atoms with van der Waals surface area (Å²) in [5.74, 6) is -0.562. The number of unbranched alkanes of at least 4 members (excludes halogenated alkanes) is 15. The van der Waals surface area contributed by atoms with Gasteiger partial charge in [-0.05, 0) is 83.5 Å². The fourth-order valence-electron chi connectivity index (χ4n) is 7.35. The molecule has 1 aliphatic carbocycles. The van der Waals surface area contributed by atoms with Gasteiger partial charge >= 0.3 is 13.8 Å². The van der Waals surface area contributed by atoms with Crippen LogP contribution in [-0.2, 0) is 27.9 Å². The standard InChI is InChI=1S/C55H93O12P/c1-3-5-7-9-11-13-15-17-19-21-23-24-25-27-29-31-33-35-37-39-41-43-45-64-46-48(47-65-68(62,63)67-55-53(60)51(58)50(57)52(59)54(55)61)66-49(56)44-42-40-38-36-34-32-30-28-26-22-20-18-16-14-12-10-8-6-4-2/h6,8,12,14-15,17-18,20-21,23,26,28,32,34,38,40,48,50-55,57-61H,3-5,7,9-11,13,16,19,22,24-25,27,29-31,33,35-37,39,41-47H2,1-2H3,(H,62,63)/b8-6-,14-12-,17-15-,20-18-,23-21-,28-26-,34-32-,40-38-. The van der Waals surface area contributed by atoms with Crippen LogP contribution in [0.3, 0.4) is 0 Å². The van der Waals surface area contributed by atoms with Gasteiger partial charge in [-0.2, -0.15) is 0 Å². The van der Waals surface area contributed by atoms with Crippen molar-refractivity contribution in [1.82, 2.24) is 0 Å². The number of ether oxygens (including phenoxy) is 2. The molecule has 1 saturated carbocycles. The lowest BCUT2D eigenvalue weighted by Gasteiger charge is -2.41. The Balaban J connectivity index is 2.39. The SMILES string of the molecule is CC/C=C\C/C=C\C/C=C\C/C=C\C/C=C\C/C=C\CCC(=O)OC(COCCCCCCCCCCCC/C=C\C/C=C\CCCCCCC)COP(=O)(O)OC1C(O)C(O)C(O)C(O)C1O. The van der Waals surface area contributed by atoms with Crippen LogP contribution in [0.5, 0.6) is 0 Å². The van der Waals surface area contributed by atoms with Crippen LogP contribution in [0.2, 0.25) is 0 Å². The highest BCUT2D eigenvalue weighted by Crippen LogP contribution is 2.47. The van der Waals surface area contributed by atoms with Crippen molar-refractivity contribution in [3.8, 4) is 0 Å². The quantitative estimate of drug-likeness (QED) is 0.0147. The highest BCUT2D eigenvalue weighted by atomic mass is 31.2. The lowest BCUT2D eigenvalue weighted by atomic mass is 9.85. The van der Waals surface area contributed by atoms with Crippen molar-refractivity contribution in [2.75, 3.05) is 19.8 Å². The number of carbonyl (C=O) groups excluding carboxylic acids is 1. The molecule has 6 atom stereocenters. The summed E-state index contributed by atoms with van der Waals surface area (Å²) in [6, 6.07) is 0. The Morgan fingerprint density at radius 1 is 0.485 bits per heavy atom. The molecule has 0 aliphatic heterocycles. The summed E-state index contributed by atoms with van der Waals surface area (Å²) in [6.45, 7) is 4.05. The highest BCUT2D eigenvalue weighted by Gasteiger charge is 2.51. The average molecular weight is 977 g/mol. The molecule has 6 N–H and O–H groups in total. The van der Waals surface area contributed by atoms with E-state index in [4.69, 9.17) is 18.5 Å². The molecule has 0 saturated heterocycles. The Morgan fingerprint density at radius 3 is 1.32 bits per heavy atom. The highest BCUT2D eigenvalue weighted by molar-refractivity contribution is 7.47. The van der Waals surface area contributed by atoms with Gasteiger partial charge in [0.15, 0.2) is 0 Å². The van der Waals surface area contributed by atoms with E-state index < -0.39 is 63.1 Å². The largest absolute Gasteiger partial charge is 0.472 e. The Bertz CT molecular complexity index is 1490. The first kappa shape index (κ1) is 63.3. The predicted octanol–water partition coefficient (Wildman–Crippen LogP) is 11.9. The molecule has 6 unspecified atom stereocenters. The molecule has 0 amide bonds. The zero-order chi connectivity index (χ0) is 49.8. The van der Waals surface area contributed by atoms with Gasteiger partial charge in [0.05, 0.1) is 13.2 Å². The third-order valence-corrected chi connectivity index (χ3v) is 12.4. The molecule has 0 aromatic carbocycles. The van der Waals surface area contributed by atoms with Crippen LogP contribution in [0, 0.1) is 0 Å². The van der Waals surface area contributed by atoms with Gasteiger partial charge in [0.2, 0.25) is 0 Å². The van der Waals surface area contributed by atoms with E-state index in [1.165, 1.54) is 77.0 Å². The summed E-state index contributed by atoms with van der Waals surface area (Å²) in [6.07, 6.45) is 49.1. The lowest BCUT2D eigenvalue weighted by molar-refractivity contribution is -0.220. The summed E-state index contributed by atoms with van der Waals surface area (Å²) in [5.41, 5.74) is 0. The first-order valence-electron chi connectivity index (χ1n) is 26.1. The number of hydrogen-bond donors (Lipinski definition) is 6. The van der Waals surface area contributed by atoms with E-state index in [1.54, 1.807) is 0 Å². The number of allylic oxidation sites excluding steroid dienone is 16. The average Bonchev–Trinajstić information content (AvgIpc) is 3.32. The Labute approximate surface area is 411 Å². The molecule has 390 valence electrons. The molecular weight excluding hydrogens is 884 g/mol. The van der Waals surface area contributed by atoms with Crippen LogP contribution in [0.4, 0.5) is 0 Å². The molecule has 1 rings (SSSR count). The number of phosphoric acid groups is 1. The van der Waals surface area contributed by atoms with Gasteiger partial charge in [-0.3, -0.25) is 13.8 Å². The van der Waals surface area contributed by atoms with Gasteiger partial charge < -0.3 is 39.9 Å². The van der Waals surface area contributed by atoms with E-state index in [0.717, 1.165) is 70.6 Å². The monoisotopic (exact) mass is 977 g/mol. The molecule has 0 aromatic rings. The maximum Gasteiger partial charge on any atom is 0.472 e. The summed E-state index contributed by atoms with van der Waals surface area (Å²) in [7, 11) is -5.05. The maximum absolute atomic E-state index is 12.9. The zero-order valence-electron chi connectivity index (χ0n) is 41.9. The molecule has 0 spiro atoms. The van der Waals surface area contributed by atoms with Crippen LogP contribution >= 0.6 is 7.82 Å². The van der Waals surface area contributed by atoms with E-state index >= 15 is 0 Å². The number of esters is 1. The summed E-state index contributed by atoms with van der Waals surface area (Å²) >= 11 is 0. The summed E-state index contributed by atoms with van der Waals surface area (Å²) in [5, 5.41) is 50.3. The number of carbonyl (C=O) groups is 1. The number of hydrogen-bond acceptors (Lipinski definition) is 11. The van der Waals surface area contributed by atoms with Crippen molar-refractivity contribution in [3.05, 3.63) is 97.2 Å². The molecule has 1 fully saturated rings. The van der Waals surface area contributed by atoms with Gasteiger partial charge in [-0.1, -0.05) is 188 Å². The Hall–Kier alpha value is -2.74. The molecule has 1 aliphatic rings. The van der Waals surface area contributed by atoms with Crippen molar-refractivity contribution in [3.63, 3.8) is 0 Å². The molecule has 0 heterocycles.